The number of carbonyl (C=O) groups excluding carboxylic acids is 1. The number of aromatic nitrogens is 2. The van der Waals surface area contributed by atoms with E-state index in [-0.39, 0.29) is 5.91 Å². The van der Waals surface area contributed by atoms with Crippen LogP contribution < -0.4 is 0 Å². The van der Waals surface area contributed by atoms with Crippen molar-refractivity contribution in [2.75, 3.05) is 26.8 Å². The largest absolute Gasteiger partial charge is 0.383 e. The molecular formula is C17H21N3O2. The lowest BCUT2D eigenvalue weighted by molar-refractivity contribution is -0.128. The molecule has 0 bridgehead atoms. The van der Waals surface area contributed by atoms with E-state index in [0.29, 0.717) is 25.5 Å². The Balaban J connectivity index is 1.58. The molecule has 0 saturated carbocycles. The molecule has 1 aliphatic rings. The molecule has 1 aromatic heterocycles. The number of hydrogen-bond donors (Lipinski definition) is 1. The van der Waals surface area contributed by atoms with E-state index in [2.05, 4.69) is 34.2 Å². The summed E-state index contributed by atoms with van der Waals surface area (Å²) in [5.74, 6) is 0.651. The molecule has 1 aliphatic heterocycles. The average molecular weight is 299 g/mol. The predicted molar refractivity (Wildman–Crippen MR) is 84.3 cm³/mol. The number of likely N-dealkylation sites (tertiary alicyclic amines) is 1. The molecule has 116 valence electrons. The first-order valence-electron chi connectivity index (χ1n) is 7.60. The number of H-pyrrole nitrogens is 1. The molecule has 1 atom stereocenters. The molecule has 1 amide bonds. The van der Waals surface area contributed by atoms with Crippen LogP contribution in [0.2, 0.25) is 0 Å². The highest BCUT2D eigenvalue weighted by Gasteiger charge is 2.29. The number of amides is 1. The Kier molecular flexibility index (Phi) is 4.53. The molecule has 1 saturated heterocycles. The van der Waals surface area contributed by atoms with E-state index >= 15 is 0 Å². The Bertz CT molecular complexity index is 607. The number of nitrogens with one attached hydrogen (secondary N) is 1. The maximum Gasteiger partial charge on any atom is 0.223 e. The minimum Gasteiger partial charge on any atom is -0.383 e. The number of methoxy groups -OCH3 is 1. The summed E-state index contributed by atoms with van der Waals surface area (Å²) < 4.78 is 5.05. The molecule has 0 aliphatic carbocycles. The van der Waals surface area contributed by atoms with Crippen LogP contribution in [0.3, 0.4) is 0 Å². The first-order chi connectivity index (χ1) is 10.8. The summed E-state index contributed by atoms with van der Waals surface area (Å²) in [5.41, 5.74) is 3.42. The molecule has 1 aromatic carbocycles. The van der Waals surface area contributed by atoms with Gasteiger partial charge in [0.1, 0.15) is 0 Å². The van der Waals surface area contributed by atoms with Crippen molar-refractivity contribution in [2.45, 2.75) is 12.8 Å². The van der Waals surface area contributed by atoms with E-state index in [1.807, 2.05) is 11.1 Å². The molecule has 0 radical (unpaired) electrons. The summed E-state index contributed by atoms with van der Waals surface area (Å²) in [7, 11) is 1.67. The zero-order chi connectivity index (χ0) is 15.4. The second-order valence-electron chi connectivity index (χ2n) is 5.77. The van der Waals surface area contributed by atoms with Crippen LogP contribution >= 0.6 is 0 Å². The van der Waals surface area contributed by atoms with E-state index < -0.39 is 0 Å². The maximum atomic E-state index is 11.9. The monoisotopic (exact) mass is 299 g/mol. The van der Waals surface area contributed by atoms with Crippen LogP contribution in [0.1, 0.15) is 12.0 Å². The van der Waals surface area contributed by atoms with Crippen molar-refractivity contribution in [1.82, 2.24) is 14.9 Å². The van der Waals surface area contributed by atoms with E-state index in [1.165, 1.54) is 5.56 Å². The van der Waals surface area contributed by atoms with Gasteiger partial charge in [0.2, 0.25) is 5.91 Å². The van der Waals surface area contributed by atoms with Gasteiger partial charge in [-0.05, 0) is 23.5 Å². The minimum atomic E-state index is 0.246. The van der Waals surface area contributed by atoms with Crippen LogP contribution in [-0.4, -0.2) is 47.6 Å². The van der Waals surface area contributed by atoms with Gasteiger partial charge in [0, 0.05) is 26.6 Å². The molecule has 5 heteroatoms. The molecule has 0 unspecified atom stereocenters. The van der Waals surface area contributed by atoms with Gasteiger partial charge < -0.3 is 14.6 Å². The van der Waals surface area contributed by atoms with E-state index in [1.54, 1.807) is 13.4 Å². The number of aromatic amines is 1. The molecule has 1 fully saturated rings. The first kappa shape index (κ1) is 14.8. The maximum absolute atomic E-state index is 11.9. The van der Waals surface area contributed by atoms with Gasteiger partial charge in [-0.1, -0.05) is 24.3 Å². The Labute approximate surface area is 130 Å². The van der Waals surface area contributed by atoms with Crippen molar-refractivity contribution in [3.05, 3.63) is 42.4 Å². The van der Waals surface area contributed by atoms with Gasteiger partial charge in [-0.2, -0.15) is 0 Å². The predicted octanol–water partition coefficient (Wildman–Crippen LogP) is 2.11. The van der Waals surface area contributed by atoms with E-state index in [4.69, 9.17) is 4.74 Å². The van der Waals surface area contributed by atoms with Crippen molar-refractivity contribution in [3.63, 3.8) is 0 Å². The lowest BCUT2D eigenvalue weighted by atomic mass is 9.97. The summed E-state index contributed by atoms with van der Waals surface area (Å²) in [6.07, 6.45) is 5.09. The van der Waals surface area contributed by atoms with Crippen LogP contribution in [0.25, 0.3) is 11.3 Å². The number of carbonyl (C=O) groups is 1. The van der Waals surface area contributed by atoms with Crippen molar-refractivity contribution in [1.29, 1.82) is 0 Å². The number of benzene rings is 1. The van der Waals surface area contributed by atoms with Crippen LogP contribution in [0.15, 0.2) is 36.8 Å². The average Bonchev–Trinajstić information content (AvgIpc) is 3.16. The quantitative estimate of drug-likeness (QED) is 0.889. The zero-order valence-corrected chi connectivity index (χ0v) is 12.8. The summed E-state index contributed by atoms with van der Waals surface area (Å²) in [4.78, 5) is 21.0. The molecule has 3 rings (SSSR count). The third-order valence-electron chi connectivity index (χ3n) is 4.15. The topological polar surface area (TPSA) is 58.2 Å². The van der Waals surface area contributed by atoms with Crippen LogP contribution in [0.4, 0.5) is 0 Å². The van der Waals surface area contributed by atoms with Crippen LogP contribution in [0, 0.1) is 5.92 Å². The second-order valence-corrected chi connectivity index (χ2v) is 5.77. The number of ether oxygens (including phenoxy) is 1. The smallest absolute Gasteiger partial charge is 0.223 e. The third kappa shape index (κ3) is 3.36. The van der Waals surface area contributed by atoms with Gasteiger partial charge in [0.15, 0.2) is 0 Å². The second kappa shape index (κ2) is 6.75. The fraction of sp³-hybridized carbons (Fsp3) is 0.412. The Morgan fingerprint density at radius 3 is 2.86 bits per heavy atom. The van der Waals surface area contributed by atoms with Crippen molar-refractivity contribution >= 4 is 5.91 Å². The SMILES string of the molecule is COCCN1C[C@H](Cc2ccc(-c3cnc[nH]3)cc2)CC1=O. The van der Waals surface area contributed by atoms with Crippen LogP contribution in [0.5, 0.6) is 0 Å². The number of rotatable bonds is 6. The highest BCUT2D eigenvalue weighted by molar-refractivity contribution is 5.78. The Morgan fingerprint density at radius 1 is 1.36 bits per heavy atom. The van der Waals surface area contributed by atoms with Crippen molar-refractivity contribution < 1.29 is 9.53 Å². The van der Waals surface area contributed by atoms with Crippen LogP contribution in [-0.2, 0) is 16.0 Å². The molecule has 2 heterocycles. The van der Waals surface area contributed by atoms with Crippen molar-refractivity contribution in [3.8, 4) is 11.3 Å². The molecule has 2 aromatic rings. The number of imidazole rings is 1. The summed E-state index contributed by atoms with van der Waals surface area (Å²) >= 11 is 0. The normalized spacial score (nSPS) is 18.1. The Hall–Kier alpha value is -2.14. The number of hydrogen-bond acceptors (Lipinski definition) is 3. The Morgan fingerprint density at radius 2 is 2.18 bits per heavy atom. The lowest BCUT2D eigenvalue weighted by Gasteiger charge is -2.16. The fourth-order valence-electron chi connectivity index (χ4n) is 2.98. The summed E-state index contributed by atoms with van der Waals surface area (Å²) in [6, 6.07) is 8.47. The van der Waals surface area contributed by atoms with E-state index in [9.17, 15) is 4.79 Å². The highest BCUT2D eigenvalue weighted by atomic mass is 16.5. The molecular weight excluding hydrogens is 278 g/mol. The molecule has 5 nitrogen and oxygen atoms in total. The first-order valence-corrected chi connectivity index (χ1v) is 7.60. The van der Waals surface area contributed by atoms with Gasteiger partial charge in [-0.3, -0.25) is 4.79 Å². The number of nitrogens with zero attached hydrogens (tertiary/aromatic N) is 2. The third-order valence-corrected chi connectivity index (χ3v) is 4.15. The van der Waals surface area contributed by atoms with Gasteiger partial charge in [-0.15, -0.1) is 0 Å². The van der Waals surface area contributed by atoms with Gasteiger partial charge in [-0.25, -0.2) is 4.98 Å². The van der Waals surface area contributed by atoms with E-state index in [0.717, 1.165) is 24.2 Å². The fourth-order valence-corrected chi connectivity index (χ4v) is 2.98. The lowest BCUT2D eigenvalue weighted by Crippen LogP contribution is -2.28. The molecule has 0 spiro atoms. The standard InChI is InChI=1S/C17H21N3O2/c1-22-7-6-20-11-14(9-17(20)21)8-13-2-4-15(5-3-13)16-10-18-12-19-16/h2-5,10,12,14H,6-9,11H2,1H3,(H,18,19)/t14-/m1/s1. The minimum absolute atomic E-state index is 0.246. The summed E-state index contributed by atoms with van der Waals surface area (Å²) in [6.45, 7) is 2.15. The molecule has 22 heavy (non-hydrogen) atoms. The van der Waals surface area contributed by atoms with Crippen molar-refractivity contribution in [2.24, 2.45) is 5.92 Å². The summed E-state index contributed by atoms with van der Waals surface area (Å²) in [5, 5.41) is 0. The van der Waals surface area contributed by atoms with Gasteiger partial charge >= 0.3 is 0 Å². The van der Waals surface area contributed by atoms with Gasteiger partial charge in [0.25, 0.3) is 0 Å². The zero-order valence-electron chi connectivity index (χ0n) is 12.8. The highest BCUT2D eigenvalue weighted by Crippen LogP contribution is 2.23. The van der Waals surface area contributed by atoms with Gasteiger partial charge in [0.05, 0.1) is 24.8 Å². The molecule has 1 N–H and O–H groups in total.